The predicted molar refractivity (Wildman–Crippen MR) is 123 cm³/mol. The lowest BCUT2D eigenvalue weighted by Crippen LogP contribution is -2.34. The zero-order valence-electron chi connectivity index (χ0n) is 17.5. The summed E-state index contributed by atoms with van der Waals surface area (Å²) in [6.07, 6.45) is 2.82. The molecular weight excluding hydrogens is 482 g/mol. The number of carbonyl (C=O) groups is 2. The number of amides is 2. The number of nitrogens with zero attached hydrogens (tertiary/aromatic N) is 6. The number of hydrazone groups is 1. The van der Waals surface area contributed by atoms with Crippen LogP contribution in [0.3, 0.4) is 0 Å². The molecule has 2 heterocycles. The highest BCUT2D eigenvalue weighted by Gasteiger charge is 2.38. The van der Waals surface area contributed by atoms with Crippen LogP contribution in [0.5, 0.6) is 0 Å². The van der Waals surface area contributed by atoms with Gasteiger partial charge in [0.05, 0.1) is 16.3 Å². The van der Waals surface area contributed by atoms with Crippen molar-refractivity contribution in [3.8, 4) is 0 Å². The van der Waals surface area contributed by atoms with E-state index in [-0.39, 0.29) is 16.4 Å². The van der Waals surface area contributed by atoms with E-state index in [1.165, 1.54) is 60.9 Å². The van der Waals surface area contributed by atoms with Crippen molar-refractivity contribution in [2.24, 2.45) is 15.3 Å². The maximum absolute atomic E-state index is 12.7. The van der Waals surface area contributed by atoms with Crippen LogP contribution in [0, 0.1) is 0 Å². The van der Waals surface area contributed by atoms with Crippen molar-refractivity contribution in [2.45, 2.75) is 17.9 Å². The Balaban J connectivity index is 1.45. The van der Waals surface area contributed by atoms with Crippen molar-refractivity contribution in [1.82, 2.24) is 15.0 Å². The van der Waals surface area contributed by atoms with Crippen molar-refractivity contribution in [1.29, 1.82) is 0 Å². The zero-order chi connectivity index (χ0) is 24.3. The molecule has 11 nitrogen and oxygen atoms in total. The van der Waals surface area contributed by atoms with Crippen LogP contribution >= 0.6 is 11.6 Å². The number of hydrogen-bond donors (Lipinski definition) is 1. The molecule has 34 heavy (non-hydrogen) atoms. The van der Waals surface area contributed by atoms with Crippen molar-refractivity contribution in [2.75, 3.05) is 4.72 Å². The molecule has 13 heteroatoms. The lowest BCUT2D eigenvalue weighted by Gasteiger charge is -2.10. The van der Waals surface area contributed by atoms with Gasteiger partial charge in [0.1, 0.15) is 0 Å². The third-order valence-corrected chi connectivity index (χ3v) is 6.20. The SMILES string of the molecule is CC1=NN(C(=O)c2ccc(Cl)cc2)C(=O)[C@@H]1N=Nc1ccc(S(=O)(=O)Nc2ncccn2)cc1. The normalized spacial score (nSPS) is 16.1. The topological polar surface area (TPSA) is 146 Å². The maximum atomic E-state index is 12.7. The predicted octanol–water partition coefficient (Wildman–Crippen LogP) is 3.44. The van der Waals surface area contributed by atoms with Crippen molar-refractivity contribution in [3.05, 3.63) is 77.6 Å². The van der Waals surface area contributed by atoms with Crippen molar-refractivity contribution < 1.29 is 18.0 Å². The van der Waals surface area contributed by atoms with E-state index < -0.39 is 27.9 Å². The fourth-order valence-electron chi connectivity index (χ4n) is 2.90. The van der Waals surface area contributed by atoms with Crippen LogP contribution in [0.1, 0.15) is 17.3 Å². The van der Waals surface area contributed by atoms with Gasteiger partial charge in [-0.1, -0.05) is 11.6 Å². The summed E-state index contributed by atoms with van der Waals surface area (Å²) in [5.41, 5.74) is 0.846. The molecule has 0 unspecified atom stereocenters. The van der Waals surface area contributed by atoms with E-state index in [9.17, 15) is 18.0 Å². The van der Waals surface area contributed by atoms with Gasteiger partial charge in [0.25, 0.3) is 21.8 Å². The Morgan fingerprint density at radius 1 is 1.06 bits per heavy atom. The maximum Gasteiger partial charge on any atom is 0.282 e. The van der Waals surface area contributed by atoms with Gasteiger partial charge in [-0.2, -0.15) is 20.3 Å². The molecule has 1 aliphatic rings. The molecule has 0 aliphatic carbocycles. The van der Waals surface area contributed by atoms with Crippen LogP contribution < -0.4 is 4.72 Å². The van der Waals surface area contributed by atoms with Gasteiger partial charge in [-0.3, -0.25) is 9.59 Å². The number of carbonyl (C=O) groups excluding carboxylic acids is 2. The molecule has 3 aromatic rings. The largest absolute Gasteiger partial charge is 0.282 e. The van der Waals surface area contributed by atoms with Crippen molar-refractivity contribution in [3.63, 3.8) is 0 Å². The summed E-state index contributed by atoms with van der Waals surface area (Å²) in [4.78, 5) is 32.9. The molecule has 1 aromatic heterocycles. The molecule has 1 N–H and O–H groups in total. The highest BCUT2D eigenvalue weighted by Crippen LogP contribution is 2.22. The summed E-state index contributed by atoms with van der Waals surface area (Å²) < 4.78 is 27.2. The van der Waals surface area contributed by atoms with Gasteiger partial charge in [0.15, 0.2) is 6.04 Å². The second kappa shape index (κ2) is 9.45. The molecule has 0 saturated heterocycles. The third kappa shape index (κ3) is 4.97. The fraction of sp³-hybridized carbons (Fsp3) is 0.0952. The second-order valence-electron chi connectivity index (χ2n) is 6.99. The number of imide groups is 1. The summed E-state index contributed by atoms with van der Waals surface area (Å²) >= 11 is 5.83. The number of anilines is 1. The lowest BCUT2D eigenvalue weighted by atomic mass is 10.2. The minimum atomic E-state index is -3.90. The number of azo groups is 1. The highest BCUT2D eigenvalue weighted by atomic mass is 35.5. The summed E-state index contributed by atoms with van der Waals surface area (Å²) in [5.74, 6) is -1.31. The van der Waals surface area contributed by atoms with Crippen LogP contribution in [0.15, 0.2) is 87.2 Å². The van der Waals surface area contributed by atoms with Crippen LogP contribution in [0.25, 0.3) is 0 Å². The monoisotopic (exact) mass is 497 g/mol. The summed E-state index contributed by atoms with van der Waals surface area (Å²) in [6, 6.07) is 12.0. The molecular formula is C21H16ClN7O4S. The van der Waals surface area contributed by atoms with Crippen LogP contribution in [0.2, 0.25) is 5.02 Å². The van der Waals surface area contributed by atoms with Gasteiger partial charge < -0.3 is 0 Å². The number of nitrogens with one attached hydrogen (secondary N) is 1. The van der Waals surface area contributed by atoms with E-state index in [1.807, 2.05) is 0 Å². The van der Waals surface area contributed by atoms with E-state index in [0.717, 1.165) is 5.01 Å². The van der Waals surface area contributed by atoms with E-state index in [0.29, 0.717) is 16.4 Å². The van der Waals surface area contributed by atoms with E-state index in [2.05, 4.69) is 30.0 Å². The second-order valence-corrected chi connectivity index (χ2v) is 9.11. The Hall–Kier alpha value is -4.03. The fourth-order valence-corrected chi connectivity index (χ4v) is 3.98. The Morgan fingerprint density at radius 3 is 2.35 bits per heavy atom. The minimum absolute atomic E-state index is 0.0340. The van der Waals surface area contributed by atoms with E-state index >= 15 is 0 Å². The van der Waals surface area contributed by atoms with Gasteiger partial charge in [-0.15, -0.1) is 0 Å². The molecule has 0 spiro atoms. The van der Waals surface area contributed by atoms with Gasteiger partial charge in [-0.25, -0.2) is 23.1 Å². The van der Waals surface area contributed by atoms with E-state index in [1.54, 1.807) is 13.0 Å². The zero-order valence-corrected chi connectivity index (χ0v) is 19.1. The summed E-state index contributed by atoms with van der Waals surface area (Å²) in [6.45, 7) is 1.56. The molecule has 2 amide bonds. The van der Waals surface area contributed by atoms with Crippen LogP contribution in [-0.4, -0.2) is 47.0 Å². The highest BCUT2D eigenvalue weighted by molar-refractivity contribution is 7.92. The molecule has 1 aliphatic heterocycles. The Kier molecular flexibility index (Phi) is 6.43. The Labute approximate surface area is 199 Å². The molecule has 172 valence electrons. The average molecular weight is 498 g/mol. The molecule has 1 atom stereocenters. The first-order chi connectivity index (χ1) is 16.2. The Bertz CT molecular complexity index is 1390. The van der Waals surface area contributed by atoms with Gasteiger partial charge >= 0.3 is 0 Å². The van der Waals surface area contributed by atoms with Crippen LogP contribution in [-0.2, 0) is 14.8 Å². The quantitative estimate of drug-likeness (QED) is 0.407. The third-order valence-electron chi connectivity index (χ3n) is 4.61. The summed E-state index contributed by atoms with van der Waals surface area (Å²) in [7, 11) is -3.90. The van der Waals surface area contributed by atoms with Gasteiger partial charge in [-0.05, 0) is 61.5 Å². The first kappa shape index (κ1) is 23.1. The van der Waals surface area contributed by atoms with E-state index in [4.69, 9.17) is 11.6 Å². The minimum Gasteiger partial charge on any atom is -0.269 e. The molecule has 0 saturated carbocycles. The Morgan fingerprint density at radius 2 is 1.71 bits per heavy atom. The number of aromatic nitrogens is 2. The summed E-state index contributed by atoms with van der Waals surface area (Å²) in [5, 5.41) is 13.2. The lowest BCUT2D eigenvalue weighted by molar-refractivity contribution is -0.127. The van der Waals surface area contributed by atoms with Crippen molar-refractivity contribution >= 4 is 50.8 Å². The number of hydrogen-bond acceptors (Lipinski definition) is 9. The number of sulfonamides is 1. The molecule has 4 rings (SSSR count). The van der Waals surface area contributed by atoms with Gasteiger partial charge in [0, 0.05) is 23.0 Å². The standard InChI is InChI=1S/C21H16ClN7O4S/c1-13-18(20(31)29(27-13)19(30)14-3-5-15(22)6-4-14)26-25-16-7-9-17(10-8-16)34(32,33)28-21-23-11-2-12-24-21/h2-12,18H,1H3,(H,23,24,28)/t18-/m1/s1. The smallest absolute Gasteiger partial charge is 0.269 e. The first-order valence-corrected chi connectivity index (χ1v) is 11.6. The number of rotatable bonds is 6. The molecule has 2 aromatic carbocycles. The molecule has 0 bridgehead atoms. The number of benzene rings is 2. The molecule has 0 fully saturated rings. The average Bonchev–Trinajstić information content (AvgIpc) is 3.11. The molecule has 0 radical (unpaired) electrons. The van der Waals surface area contributed by atoms with Crippen LogP contribution in [0.4, 0.5) is 11.6 Å². The first-order valence-electron chi connectivity index (χ1n) is 9.74. The number of halogens is 1. The van der Waals surface area contributed by atoms with Gasteiger partial charge in [0.2, 0.25) is 5.95 Å².